The molecule has 1 N–H and O–H groups in total. The summed E-state index contributed by atoms with van der Waals surface area (Å²) < 4.78 is 5.44. The van der Waals surface area contributed by atoms with Crippen LogP contribution in [0.2, 0.25) is 10.0 Å². The fraction of sp³-hybridized carbons (Fsp3) is 0.300. The standard InChI is InChI=1S/C20H17Cl2N5O2S2/c1-3-14-25-26-20(30-14)24-18(28)17-15(12-5-4-11(21)10-13(12)22)16(23-2)19(31-17)27-6-8-29-9-7-27/h4-5,10H,3,6-9H2,1H3,(H,24,26,28). The van der Waals surface area contributed by atoms with Crippen molar-refractivity contribution in [2.45, 2.75) is 13.3 Å². The Morgan fingerprint density at radius 1 is 1.29 bits per heavy atom. The number of halogens is 2. The molecule has 1 saturated heterocycles. The molecule has 1 fully saturated rings. The van der Waals surface area contributed by atoms with Gasteiger partial charge in [-0.15, -0.1) is 21.5 Å². The number of benzene rings is 1. The summed E-state index contributed by atoms with van der Waals surface area (Å²) >= 11 is 15.2. The third kappa shape index (κ3) is 4.54. The van der Waals surface area contributed by atoms with Crippen molar-refractivity contribution in [1.82, 2.24) is 10.2 Å². The molecule has 1 aliphatic heterocycles. The van der Waals surface area contributed by atoms with Crippen LogP contribution < -0.4 is 10.2 Å². The second-order valence-corrected chi connectivity index (χ2v) is 9.51. The number of carbonyl (C=O) groups excluding carboxylic acids is 1. The fourth-order valence-corrected chi connectivity index (χ4v) is 5.58. The zero-order chi connectivity index (χ0) is 22.0. The fourth-order valence-electron chi connectivity index (χ4n) is 3.20. The van der Waals surface area contributed by atoms with Crippen molar-refractivity contribution >= 4 is 67.6 Å². The minimum atomic E-state index is -0.353. The molecule has 11 heteroatoms. The molecule has 7 nitrogen and oxygen atoms in total. The van der Waals surface area contributed by atoms with Gasteiger partial charge in [-0.1, -0.05) is 47.5 Å². The zero-order valence-electron chi connectivity index (χ0n) is 16.4. The number of carbonyl (C=O) groups is 1. The van der Waals surface area contributed by atoms with E-state index < -0.39 is 0 Å². The topological polar surface area (TPSA) is 71.7 Å². The highest BCUT2D eigenvalue weighted by molar-refractivity contribution is 7.20. The number of aromatic nitrogens is 2. The second kappa shape index (κ2) is 9.51. The van der Waals surface area contributed by atoms with Crippen LogP contribution in [-0.2, 0) is 11.2 Å². The molecule has 2 aromatic heterocycles. The molecule has 3 aromatic rings. The number of rotatable bonds is 5. The van der Waals surface area contributed by atoms with Gasteiger partial charge >= 0.3 is 0 Å². The number of thiophene rings is 1. The van der Waals surface area contributed by atoms with Crippen LogP contribution in [0.1, 0.15) is 21.6 Å². The molecule has 0 aliphatic carbocycles. The first-order chi connectivity index (χ1) is 15.0. The Bertz CT molecular complexity index is 1170. The number of nitrogens with zero attached hydrogens (tertiary/aromatic N) is 4. The Labute approximate surface area is 197 Å². The highest BCUT2D eigenvalue weighted by atomic mass is 35.5. The van der Waals surface area contributed by atoms with Gasteiger partial charge in [0.05, 0.1) is 29.7 Å². The summed E-state index contributed by atoms with van der Waals surface area (Å²) in [6, 6.07) is 5.04. The van der Waals surface area contributed by atoms with Gasteiger partial charge in [-0.3, -0.25) is 10.1 Å². The minimum absolute atomic E-state index is 0.353. The summed E-state index contributed by atoms with van der Waals surface area (Å²) in [7, 11) is 0. The first-order valence-corrected chi connectivity index (χ1v) is 11.9. The van der Waals surface area contributed by atoms with Gasteiger partial charge in [0.1, 0.15) is 5.01 Å². The highest BCUT2D eigenvalue weighted by Gasteiger charge is 2.29. The number of amides is 1. The lowest BCUT2D eigenvalue weighted by molar-refractivity contribution is 0.103. The third-order valence-corrected chi connectivity index (χ3v) is 7.44. The molecular weight excluding hydrogens is 477 g/mol. The lowest BCUT2D eigenvalue weighted by atomic mass is 10.0. The lowest BCUT2D eigenvalue weighted by Crippen LogP contribution is -2.35. The summed E-state index contributed by atoms with van der Waals surface area (Å²) in [4.78, 5) is 19.5. The molecule has 160 valence electrons. The van der Waals surface area contributed by atoms with Crippen LogP contribution in [0, 0.1) is 6.57 Å². The lowest BCUT2D eigenvalue weighted by Gasteiger charge is -2.28. The Morgan fingerprint density at radius 3 is 2.71 bits per heavy atom. The molecule has 1 aromatic carbocycles. The van der Waals surface area contributed by atoms with E-state index in [-0.39, 0.29) is 5.91 Å². The molecule has 0 spiro atoms. The monoisotopic (exact) mass is 493 g/mol. The van der Waals surface area contributed by atoms with Crippen molar-refractivity contribution in [3.05, 3.63) is 49.5 Å². The SMILES string of the molecule is [C-]#[N+]c1c(N2CCOCC2)sc(C(=O)Nc2nnc(CC)s2)c1-c1ccc(Cl)cc1Cl. The van der Waals surface area contributed by atoms with Crippen LogP contribution >= 0.6 is 45.9 Å². The van der Waals surface area contributed by atoms with Crippen LogP contribution in [0.4, 0.5) is 15.8 Å². The van der Waals surface area contributed by atoms with Gasteiger partial charge in [0.2, 0.25) is 10.8 Å². The Hall–Kier alpha value is -2.22. The van der Waals surface area contributed by atoms with E-state index in [1.807, 2.05) is 6.92 Å². The summed E-state index contributed by atoms with van der Waals surface area (Å²) in [5.41, 5.74) is 1.48. The Balaban J connectivity index is 1.82. The van der Waals surface area contributed by atoms with Crippen LogP contribution in [0.25, 0.3) is 16.0 Å². The Kier molecular flexibility index (Phi) is 6.74. The predicted octanol–water partition coefficient (Wildman–Crippen LogP) is 5.78. The summed E-state index contributed by atoms with van der Waals surface area (Å²) in [6.45, 7) is 12.3. The second-order valence-electron chi connectivity index (χ2n) is 6.60. The summed E-state index contributed by atoms with van der Waals surface area (Å²) in [6.07, 6.45) is 0.737. The van der Waals surface area contributed by atoms with Crippen LogP contribution in [0.5, 0.6) is 0 Å². The summed E-state index contributed by atoms with van der Waals surface area (Å²) in [5, 5.41) is 13.7. The molecule has 0 bridgehead atoms. The Morgan fingerprint density at radius 2 is 2.06 bits per heavy atom. The van der Waals surface area contributed by atoms with Gasteiger partial charge in [0.25, 0.3) is 5.91 Å². The number of hydrogen-bond donors (Lipinski definition) is 1. The molecule has 31 heavy (non-hydrogen) atoms. The van der Waals surface area contributed by atoms with Crippen molar-refractivity contribution in [2.75, 3.05) is 36.5 Å². The predicted molar refractivity (Wildman–Crippen MR) is 126 cm³/mol. The number of aryl methyl sites for hydroxylation is 1. The molecule has 0 radical (unpaired) electrons. The van der Waals surface area contributed by atoms with Crippen molar-refractivity contribution in [3.8, 4) is 11.1 Å². The molecule has 0 atom stereocenters. The third-order valence-electron chi connectivity index (χ3n) is 4.67. The molecular formula is C20H17Cl2N5O2S2. The molecule has 1 amide bonds. The first kappa shape index (κ1) is 22.0. The van der Waals surface area contributed by atoms with Gasteiger partial charge < -0.3 is 9.64 Å². The molecule has 0 unspecified atom stereocenters. The first-order valence-electron chi connectivity index (χ1n) is 9.48. The maximum atomic E-state index is 13.3. The number of ether oxygens (including phenoxy) is 1. The van der Waals surface area contributed by atoms with Crippen LogP contribution in [-0.4, -0.2) is 42.4 Å². The van der Waals surface area contributed by atoms with Gasteiger partial charge in [-0.2, -0.15) is 0 Å². The van der Waals surface area contributed by atoms with E-state index in [9.17, 15) is 4.79 Å². The van der Waals surface area contributed by atoms with Crippen molar-refractivity contribution in [1.29, 1.82) is 0 Å². The van der Waals surface area contributed by atoms with E-state index in [1.54, 1.807) is 18.2 Å². The largest absolute Gasteiger partial charge is 0.378 e. The molecule has 4 rings (SSSR count). The maximum Gasteiger partial charge on any atom is 0.266 e. The van der Waals surface area contributed by atoms with Crippen molar-refractivity contribution in [3.63, 3.8) is 0 Å². The van der Waals surface area contributed by atoms with Gasteiger partial charge in [-0.25, -0.2) is 4.85 Å². The number of morpholine rings is 1. The molecule has 0 saturated carbocycles. The van der Waals surface area contributed by atoms with Gasteiger partial charge in [0, 0.05) is 28.7 Å². The number of nitrogens with one attached hydrogen (secondary N) is 1. The van der Waals surface area contributed by atoms with E-state index in [4.69, 9.17) is 34.5 Å². The smallest absolute Gasteiger partial charge is 0.266 e. The van der Waals surface area contributed by atoms with Crippen LogP contribution in [0.3, 0.4) is 0 Å². The normalized spacial score (nSPS) is 13.8. The number of anilines is 2. The quantitative estimate of drug-likeness (QED) is 0.456. The van der Waals surface area contributed by atoms with Crippen molar-refractivity contribution in [2.24, 2.45) is 0 Å². The average molecular weight is 494 g/mol. The van der Waals surface area contributed by atoms with E-state index in [2.05, 4.69) is 25.3 Å². The van der Waals surface area contributed by atoms with Gasteiger partial charge in [-0.05, 0) is 24.1 Å². The average Bonchev–Trinajstić information content (AvgIpc) is 3.38. The number of hydrogen-bond acceptors (Lipinski definition) is 7. The highest BCUT2D eigenvalue weighted by Crippen LogP contribution is 2.50. The summed E-state index contributed by atoms with van der Waals surface area (Å²) in [5.74, 6) is -0.353. The van der Waals surface area contributed by atoms with E-state index in [0.29, 0.717) is 63.2 Å². The van der Waals surface area contributed by atoms with Gasteiger partial charge in [0.15, 0.2) is 0 Å². The van der Waals surface area contributed by atoms with E-state index >= 15 is 0 Å². The van der Waals surface area contributed by atoms with E-state index in [1.165, 1.54) is 22.7 Å². The van der Waals surface area contributed by atoms with Crippen LogP contribution in [0.15, 0.2) is 18.2 Å². The molecule has 1 aliphatic rings. The van der Waals surface area contributed by atoms with Crippen molar-refractivity contribution < 1.29 is 9.53 Å². The van der Waals surface area contributed by atoms with E-state index in [0.717, 1.165) is 16.4 Å². The molecule has 3 heterocycles. The minimum Gasteiger partial charge on any atom is -0.378 e. The maximum absolute atomic E-state index is 13.3. The zero-order valence-corrected chi connectivity index (χ0v) is 19.6.